The van der Waals surface area contributed by atoms with Gasteiger partial charge >= 0.3 is 0 Å². The molecule has 0 amide bonds. The van der Waals surface area contributed by atoms with E-state index in [1.807, 2.05) is 0 Å². The molecule has 0 aromatic carbocycles. The van der Waals surface area contributed by atoms with Crippen molar-refractivity contribution < 1.29 is 0 Å². The van der Waals surface area contributed by atoms with Crippen LogP contribution in [0.15, 0.2) is 15.8 Å². The van der Waals surface area contributed by atoms with Crippen molar-refractivity contribution in [2.75, 3.05) is 13.6 Å². The van der Waals surface area contributed by atoms with Gasteiger partial charge in [0.25, 0.3) is 0 Å². The Kier molecular flexibility index (Phi) is 2.95. The van der Waals surface area contributed by atoms with Crippen LogP contribution < -0.4 is 0 Å². The number of likely N-dealkylation sites (N-methyl/N-ethyl adjacent to an activating group) is 1. The first-order valence-electron chi connectivity index (χ1n) is 4.72. The fourth-order valence-electron chi connectivity index (χ4n) is 1.63. The molecule has 0 fully saturated rings. The van der Waals surface area contributed by atoms with Crippen molar-refractivity contribution in [3.05, 3.63) is 17.2 Å². The molecule has 2 heterocycles. The molecule has 2 nitrogen and oxygen atoms in total. The lowest BCUT2D eigenvalue weighted by atomic mass is 10.0. The molecule has 0 N–H and O–H groups in total. The zero-order valence-electron chi connectivity index (χ0n) is 8.40. The first-order chi connectivity index (χ1) is 6.66. The van der Waals surface area contributed by atoms with Crippen LogP contribution >= 0.6 is 24.0 Å². The van der Waals surface area contributed by atoms with E-state index in [4.69, 9.17) is 0 Å². The highest BCUT2D eigenvalue weighted by molar-refractivity contribution is 7.82. The molecule has 0 unspecified atom stereocenters. The Morgan fingerprint density at radius 1 is 1.64 bits per heavy atom. The van der Waals surface area contributed by atoms with E-state index in [9.17, 15) is 0 Å². The summed E-state index contributed by atoms with van der Waals surface area (Å²) in [5.74, 6) is 0. The number of thiol groups is 1. The van der Waals surface area contributed by atoms with Crippen molar-refractivity contribution in [2.24, 2.45) is 0 Å². The average Bonchev–Trinajstić information content (AvgIpc) is 2.57. The van der Waals surface area contributed by atoms with E-state index in [1.54, 1.807) is 11.3 Å². The summed E-state index contributed by atoms with van der Waals surface area (Å²) in [5.41, 5.74) is 2.48. The van der Waals surface area contributed by atoms with Gasteiger partial charge in [0.05, 0.1) is 5.69 Å². The van der Waals surface area contributed by atoms with Gasteiger partial charge in [-0.2, -0.15) is 0 Å². The van der Waals surface area contributed by atoms with E-state index in [-0.39, 0.29) is 0 Å². The minimum absolute atomic E-state index is 0.517. The van der Waals surface area contributed by atoms with E-state index in [0.29, 0.717) is 6.04 Å². The summed E-state index contributed by atoms with van der Waals surface area (Å²) in [6.45, 7) is 3.33. The van der Waals surface area contributed by atoms with Crippen molar-refractivity contribution in [3.8, 4) is 0 Å². The van der Waals surface area contributed by atoms with Gasteiger partial charge in [-0.05, 0) is 26.0 Å². The number of thiazole rings is 1. The van der Waals surface area contributed by atoms with Crippen LogP contribution in [-0.2, 0) is 0 Å². The van der Waals surface area contributed by atoms with Crippen LogP contribution in [0.1, 0.15) is 19.0 Å². The maximum Gasteiger partial charge on any atom is 0.147 e. The highest BCUT2D eigenvalue weighted by Crippen LogP contribution is 2.26. The Balaban J connectivity index is 2.24. The SMILES string of the molecule is C[C@H]1C=C(c2csc(S)n2)CCN1C. The second-order valence-electron chi connectivity index (χ2n) is 3.68. The van der Waals surface area contributed by atoms with Gasteiger partial charge in [0.15, 0.2) is 0 Å². The second-order valence-corrected chi connectivity index (χ2v) is 5.26. The number of aromatic nitrogens is 1. The number of hydrogen-bond donors (Lipinski definition) is 1. The van der Waals surface area contributed by atoms with Crippen LogP contribution in [0.4, 0.5) is 0 Å². The molecule has 4 heteroatoms. The van der Waals surface area contributed by atoms with Gasteiger partial charge in [0.1, 0.15) is 4.34 Å². The van der Waals surface area contributed by atoms with E-state index >= 15 is 0 Å². The molecule has 0 aliphatic carbocycles. The molecule has 0 radical (unpaired) electrons. The van der Waals surface area contributed by atoms with Crippen LogP contribution in [0.25, 0.3) is 5.57 Å². The Hall–Kier alpha value is -0.320. The monoisotopic (exact) mass is 226 g/mol. The van der Waals surface area contributed by atoms with Crippen molar-refractivity contribution in [3.63, 3.8) is 0 Å². The van der Waals surface area contributed by atoms with Crippen LogP contribution in [-0.4, -0.2) is 29.5 Å². The Morgan fingerprint density at radius 2 is 2.43 bits per heavy atom. The molecule has 76 valence electrons. The molecular formula is C10H14N2S2. The largest absolute Gasteiger partial charge is 0.300 e. The minimum Gasteiger partial charge on any atom is -0.300 e. The molecule has 1 atom stereocenters. The minimum atomic E-state index is 0.517. The van der Waals surface area contributed by atoms with Crippen molar-refractivity contribution >= 4 is 29.5 Å². The summed E-state index contributed by atoms with van der Waals surface area (Å²) >= 11 is 5.83. The fourth-order valence-corrected chi connectivity index (χ4v) is 2.47. The highest BCUT2D eigenvalue weighted by atomic mass is 32.2. The lowest BCUT2D eigenvalue weighted by Gasteiger charge is -2.27. The second kappa shape index (κ2) is 4.04. The molecule has 1 aromatic heterocycles. The summed E-state index contributed by atoms with van der Waals surface area (Å²) in [6, 6.07) is 0.517. The third-order valence-electron chi connectivity index (χ3n) is 2.69. The van der Waals surface area contributed by atoms with E-state index in [2.05, 4.69) is 47.9 Å². The number of hydrogen-bond acceptors (Lipinski definition) is 4. The zero-order valence-corrected chi connectivity index (χ0v) is 10.1. The van der Waals surface area contributed by atoms with Crippen LogP contribution in [0.5, 0.6) is 0 Å². The molecule has 0 saturated heterocycles. The topological polar surface area (TPSA) is 16.1 Å². The van der Waals surface area contributed by atoms with Crippen molar-refractivity contribution in [1.82, 2.24) is 9.88 Å². The molecule has 2 rings (SSSR count). The van der Waals surface area contributed by atoms with E-state index in [0.717, 1.165) is 23.0 Å². The Labute approximate surface area is 94.1 Å². The quantitative estimate of drug-likeness (QED) is 0.741. The number of rotatable bonds is 1. The third kappa shape index (κ3) is 2.02. The van der Waals surface area contributed by atoms with Crippen molar-refractivity contribution in [2.45, 2.75) is 23.7 Å². The number of nitrogens with zero attached hydrogens (tertiary/aromatic N) is 2. The van der Waals surface area contributed by atoms with Gasteiger partial charge in [0, 0.05) is 18.0 Å². The summed E-state index contributed by atoms with van der Waals surface area (Å²) in [6.07, 6.45) is 3.39. The molecule has 1 aliphatic heterocycles. The van der Waals surface area contributed by atoms with Gasteiger partial charge in [-0.3, -0.25) is 4.90 Å². The molecule has 1 aliphatic rings. The molecule has 0 saturated carbocycles. The zero-order chi connectivity index (χ0) is 10.1. The lowest BCUT2D eigenvalue weighted by molar-refractivity contribution is 0.294. The van der Waals surface area contributed by atoms with Gasteiger partial charge in [-0.1, -0.05) is 6.08 Å². The summed E-state index contributed by atoms with van der Waals surface area (Å²) in [7, 11) is 2.16. The standard InChI is InChI=1S/C10H14N2S2/c1-7-5-8(3-4-12(7)2)9-6-14-10(13)11-9/h5-7H,3-4H2,1-2H3,(H,11,13)/t7-/m0/s1. The van der Waals surface area contributed by atoms with Crippen LogP contribution in [0.3, 0.4) is 0 Å². The van der Waals surface area contributed by atoms with Crippen LogP contribution in [0, 0.1) is 0 Å². The molecular weight excluding hydrogens is 212 g/mol. The normalized spacial score (nSPS) is 23.6. The van der Waals surface area contributed by atoms with Crippen molar-refractivity contribution in [1.29, 1.82) is 0 Å². The van der Waals surface area contributed by atoms with Gasteiger partial charge < -0.3 is 0 Å². The Morgan fingerprint density at radius 3 is 3.00 bits per heavy atom. The predicted molar refractivity (Wildman–Crippen MR) is 64.1 cm³/mol. The summed E-state index contributed by atoms with van der Waals surface area (Å²) in [4.78, 5) is 6.73. The van der Waals surface area contributed by atoms with E-state index < -0.39 is 0 Å². The van der Waals surface area contributed by atoms with E-state index in [1.165, 1.54) is 5.57 Å². The lowest BCUT2D eigenvalue weighted by Crippen LogP contribution is -2.31. The highest BCUT2D eigenvalue weighted by Gasteiger charge is 2.16. The molecule has 1 aromatic rings. The maximum atomic E-state index is 4.39. The van der Waals surface area contributed by atoms with Gasteiger partial charge in [-0.15, -0.1) is 24.0 Å². The first kappa shape index (κ1) is 10.2. The molecule has 0 bridgehead atoms. The van der Waals surface area contributed by atoms with Gasteiger partial charge in [0.2, 0.25) is 0 Å². The van der Waals surface area contributed by atoms with Gasteiger partial charge in [-0.25, -0.2) is 4.98 Å². The Bertz CT molecular complexity index is 357. The average molecular weight is 226 g/mol. The fraction of sp³-hybridized carbons (Fsp3) is 0.500. The molecule has 14 heavy (non-hydrogen) atoms. The summed E-state index contributed by atoms with van der Waals surface area (Å²) in [5, 5.41) is 2.09. The third-order valence-corrected chi connectivity index (χ3v) is 3.75. The molecule has 0 spiro atoms. The smallest absolute Gasteiger partial charge is 0.147 e. The van der Waals surface area contributed by atoms with Crippen LogP contribution in [0.2, 0.25) is 0 Å². The maximum absolute atomic E-state index is 4.39. The predicted octanol–water partition coefficient (Wildman–Crippen LogP) is 2.54. The summed E-state index contributed by atoms with van der Waals surface area (Å²) < 4.78 is 0.854. The first-order valence-corrected chi connectivity index (χ1v) is 6.05.